The molecule has 4 nitrogen and oxygen atoms in total. The molecule has 0 aliphatic carbocycles. The monoisotopic (exact) mass is 173 g/mol. The van der Waals surface area contributed by atoms with Crippen LogP contribution in [-0.2, 0) is 0 Å². The first-order valence-corrected chi connectivity index (χ1v) is 3.74. The maximum atomic E-state index is 10.4. The summed E-state index contributed by atoms with van der Waals surface area (Å²) < 4.78 is 0. The first-order valence-electron chi connectivity index (χ1n) is 3.74. The molecule has 64 valence electrons. The molecule has 2 rings (SSSR count). The molecule has 4 heteroatoms. The highest BCUT2D eigenvalue weighted by molar-refractivity contribution is 5.87. The standard InChI is InChI=1S/C9H7N3O/c1-10-7-2-6-3-8(5-13)12-9(6)11-4-7/h2-5H,1H2,(H,11,12). The predicted octanol–water partition coefficient (Wildman–Crippen LogP) is 1.71. The van der Waals surface area contributed by atoms with Gasteiger partial charge in [-0.3, -0.25) is 9.79 Å². The van der Waals surface area contributed by atoms with Crippen molar-refractivity contribution >= 4 is 29.7 Å². The number of hydrogen-bond donors (Lipinski definition) is 1. The van der Waals surface area contributed by atoms with Crippen LogP contribution in [0, 0.1) is 0 Å². The summed E-state index contributed by atoms with van der Waals surface area (Å²) in [5.74, 6) is 0. The summed E-state index contributed by atoms with van der Waals surface area (Å²) in [5.41, 5.74) is 1.90. The second kappa shape index (κ2) is 2.82. The minimum atomic E-state index is 0.517. The minimum absolute atomic E-state index is 0.517. The normalized spacial score (nSPS) is 10.2. The predicted molar refractivity (Wildman–Crippen MR) is 50.7 cm³/mol. The van der Waals surface area contributed by atoms with Gasteiger partial charge in [0.2, 0.25) is 0 Å². The van der Waals surface area contributed by atoms with Gasteiger partial charge in [-0.15, -0.1) is 0 Å². The van der Waals surface area contributed by atoms with Crippen molar-refractivity contribution in [3.8, 4) is 0 Å². The number of nitrogens with zero attached hydrogens (tertiary/aromatic N) is 2. The van der Waals surface area contributed by atoms with E-state index in [4.69, 9.17) is 0 Å². The molecule has 0 aromatic carbocycles. The smallest absolute Gasteiger partial charge is 0.166 e. The van der Waals surface area contributed by atoms with Crippen LogP contribution < -0.4 is 0 Å². The summed E-state index contributed by atoms with van der Waals surface area (Å²) in [4.78, 5) is 21.1. The molecule has 13 heavy (non-hydrogen) atoms. The van der Waals surface area contributed by atoms with Gasteiger partial charge in [0.25, 0.3) is 0 Å². The van der Waals surface area contributed by atoms with E-state index >= 15 is 0 Å². The Labute approximate surface area is 74.3 Å². The van der Waals surface area contributed by atoms with Crippen LogP contribution in [0.25, 0.3) is 11.0 Å². The van der Waals surface area contributed by atoms with Crippen molar-refractivity contribution in [1.82, 2.24) is 9.97 Å². The molecular formula is C9H7N3O. The third kappa shape index (κ3) is 1.22. The Kier molecular flexibility index (Phi) is 1.66. The van der Waals surface area contributed by atoms with Crippen molar-refractivity contribution < 1.29 is 4.79 Å². The van der Waals surface area contributed by atoms with E-state index in [9.17, 15) is 4.79 Å². The molecule has 0 saturated heterocycles. The summed E-state index contributed by atoms with van der Waals surface area (Å²) in [6.07, 6.45) is 2.35. The van der Waals surface area contributed by atoms with Crippen molar-refractivity contribution in [2.75, 3.05) is 0 Å². The largest absolute Gasteiger partial charge is 0.337 e. The Bertz CT molecular complexity index is 467. The number of fused-ring (bicyclic) bond motifs is 1. The lowest BCUT2D eigenvalue weighted by Crippen LogP contribution is -1.77. The van der Waals surface area contributed by atoms with Crippen LogP contribution in [0.15, 0.2) is 23.3 Å². The van der Waals surface area contributed by atoms with Crippen LogP contribution in [-0.4, -0.2) is 23.0 Å². The molecule has 0 radical (unpaired) electrons. The molecule has 0 amide bonds. The lowest BCUT2D eigenvalue weighted by atomic mass is 10.3. The first-order chi connectivity index (χ1) is 6.33. The minimum Gasteiger partial charge on any atom is -0.337 e. The Balaban J connectivity index is 2.69. The van der Waals surface area contributed by atoms with Gasteiger partial charge in [0.1, 0.15) is 5.65 Å². The van der Waals surface area contributed by atoms with E-state index in [0.717, 1.165) is 11.7 Å². The molecular weight excluding hydrogens is 166 g/mol. The van der Waals surface area contributed by atoms with Crippen LogP contribution >= 0.6 is 0 Å². The molecule has 0 atom stereocenters. The zero-order chi connectivity index (χ0) is 9.26. The molecule has 0 bridgehead atoms. The summed E-state index contributed by atoms with van der Waals surface area (Å²) >= 11 is 0. The SMILES string of the molecule is C=Nc1cnc2[nH]c(C=O)cc2c1. The van der Waals surface area contributed by atoms with Gasteiger partial charge in [-0.2, -0.15) is 0 Å². The summed E-state index contributed by atoms with van der Waals surface area (Å²) in [5, 5.41) is 0.868. The highest BCUT2D eigenvalue weighted by Crippen LogP contribution is 2.18. The van der Waals surface area contributed by atoms with Gasteiger partial charge in [0, 0.05) is 5.39 Å². The van der Waals surface area contributed by atoms with Crippen LogP contribution in [0.5, 0.6) is 0 Å². The Hall–Kier alpha value is -1.97. The van der Waals surface area contributed by atoms with Gasteiger partial charge >= 0.3 is 0 Å². The highest BCUT2D eigenvalue weighted by Gasteiger charge is 2.00. The van der Waals surface area contributed by atoms with Crippen molar-refractivity contribution in [3.63, 3.8) is 0 Å². The van der Waals surface area contributed by atoms with Gasteiger partial charge in [0.05, 0.1) is 17.6 Å². The summed E-state index contributed by atoms with van der Waals surface area (Å²) in [6, 6.07) is 3.54. The van der Waals surface area contributed by atoms with Gasteiger partial charge in [0.15, 0.2) is 6.29 Å². The zero-order valence-corrected chi connectivity index (χ0v) is 6.82. The van der Waals surface area contributed by atoms with E-state index in [2.05, 4.69) is 21.7 Å². The molecule has 2 aromatic heterocycles. The summed E-state index contributed by atoms with van der Waals surface area (Å²) in [6.45, 7) is 3.39. The number of carbonyl (C=O) groups excluding carboxylic acids is 1. The number of aromatic amines is 1. The number of H-pyrrole nitrogens is 1. The van der Waals surface area contributed by atoms with E-state index in [1.165, 1.54) is 0 Å². The number of pyridine rings is 1. The fourth-order valence-corrected chi connectivity index (χ4v) is 1.17. The number of rotatable bonds is 2. The van der Waals surface area contributed by atoms with Crippen LogP contribution in [0.4, 0.5) is 5.69 Å². The van der Waals surface area contributed by atoms with Gasteiger partial charge in [-0.25, -0.2) is 4.98 Å². The van der Waals surface area contributed by atoms with Gasteiger partial charge < -0.3 is 4.98 Å². The third-order valence-electron chi connectivity index (χ3n) is 1.79. The molecule has 0 saturated carbocycles. The van der Waals surface area contributed by atoms with Crippen LogP contribution in [0.3, 0.4) is 0 Å². The van der Waals surface area contributed by atoms with E-state index in [1.54, 1.807) is 12.3 Å². The van der Waals surface area contributed by atoms with E-state index in [0.29, 0.717) is 17.0 Å². The molecule has 0 fully saturated rings. The van der Waals surface area contributed by atoms with Crippen molar-refractivity contribution in [2.24, 2.45) is 4.99 Å². The number of aromatic nitrogens is 2. The number of carbonyl (C=O) groups is 1. The van der Waals surface area contributed by atoms with E-state index < -0.39 is 0 Å². The Morgan fingerprint density at radius 3 is 3.08 bits per heavy atom. The quantitative estimate of drug-likeness (QED) is 0.555. The Morgan fingerprint density at radius 2 is 2.38 bits per heavy atom. The first kappa shape index (κ1) is 7.67. The van der Waals surface area contributed by atoms with E-state index in [-0.39, 0.29) is 0 Å². The second-order valence-electron chi connectivity index (χ2n) is 2.63. The van der Waals surface area contributed by atoms with Gasteiger partial charge in [-0.1, -0.05) is 0 Å². The Morgan fingerprint density at radius 1 is 1.54 bits per heavy atom. The van der Waals surface area contributed by atoms with E-state index in [1.807, 2.05) is 6.07 Å². The number of aliphatic imine (C=N–C) groups is 1. The maximum absolute atomic E-state index is 10.4. The molecule has 0 aliphatic rings. The highest BCUT2D eigenvalue weighted by atomic mass is 16.1. The molecule has 2 heterocycles. The zero-order valence-electron chi connectivity index (χ0n) is 6.82. The third-order valence-corrected chi connectivity index (χ3v) is 1.79. The topological polar surface area (TPSA) is 58.1 Å². The average Bonchev–Trinajstić information content (AvgIpc) is 2.58. The van der Waals surface area contributed by atoms with Gasteiger partial charge in [-0.05, 0) is 18.9 Å². The lowest BCUT2D eigenvalue weighted by molar-refractivity contribution is 0.112. The average molecular weight is 173 g/mol. The molecule has 2 aromatic rings. The molecule has 1 N–H and O–H groups in total. The summed E-state index contributed by atoms with van der Waals surface area (Å²) in [7, 11) is 0. The fourth-order valence-electron chi connectivity index (χ4n) is 1.17. The molecule has 0 aliphatic heterocycles. The van der Waals surface area contributed by atoms with Crippen molar-refractivity contribution in [2.45, 2.75) is 0 Å². The fraction of sp³-hybridized carbons (Fsp3) is 0. The van der Waals surface area contributed by atoms with Crippen molar-refractivity contribution in [1.29, 1.82) is 0 Å². The lowest BCUT2D eigenvalue weighted by Gasteiger charge is -1.90. The number of aldehydes is 1. The molecule has 0 unspecified atom stereocenters. The number of hydrogen-bond acceptors (Lipinski definition) is 3. The van der Waals surface area contributed by atoms with Crippen LogP contribution in [0.2, 0.25) is 0 Å². The van der Waals surface area contributed by atoms with Crippen LogP contribution in [0.1, 0.15) is 10.5 Å². The number of nitrogens with one attached hydrogen (secondary N) is 1. The van der Waals surface area contributed by atoms with Crippen molar-refractivity contribution in [3.05, 3.63) is 24.0 Å². The maximum Gasteiger partial charge on any atom is 0.166 e. The second-order valence-corrected chi connectivity index (χ2v) is 2.63. The molecule has 0 spiro atoms.